The first-order valence-electron chi connectivity index (χ1n) is 4.37. The molecule has 4 heteroatoms. The van der Waals surface area contributed by atoms with Crippen LogP contribution in [0.15, 0.2) is 4.52 Å². The predicted octanol–water partition coefficient (Wildman–Crippen LogP) is 0.587. The number of hydrogen-bond acceptors (Lipinski definition) is 4. The summed E-state index contributed by atoms with van der Waals surface area (Å²) >= 11 is 0. The van der Waals surface area contributed by atoms with Gasteiger partial charge in [0.05, 0.1) is 0 Å². The minimum atomic E-state index is 0.0846. The van der Waals surface area contributed by atoms with Crippen LogP contribution < -0.4 is 5.32 Å². The maximum Gasteiger partial charge on any atom is 0.247 e. The van der Waals surface area contributed by atoms with Gasteiger partial charge in [0, 0.05) is 0 Å². The molecule has 1 aromatic heterocycles. The van der Waals surface area contributed by atoms with Gasteiger partial charge in [0.15, 0.2) is 5.82 Å². The number of nitrogens with one attached hydrogen (secondary N) is 1. The van der Waals surface area contributed by atoms with E-state index in [2.05, 4.69) is 15.5 Å². The lowest BCUT2D eigenvalue weighted by molar-refractivity contribution is 0.325. The van der Waals surface area contributed by atoms with E-state index in [9.17, 15) is 0 Å². The van der Waals surface area contributed by atoms with Crippen LogP contribution in [0.2, 0.25) is 0 Å². The SMILES string of the molecule is Cc1noc([C@]23C[C@H]2CCN3)n1. The highest BCUT2D eigenvalue weighted by Gasteiger charge is 2.62. The first kappa shape index (κ1) is 6.60. The summed E-state index contributed by atoms with van der Waals surface area (Å²) in [4.78, 5) is 4.27. The van der Waals surface area contributed by atoms with Crippen LogP contribution in [0, 0.1) is 12.8 Å². The number of nitrogens with zero attached hydrogens (tertiary/aromatic N) is 2. The van der Waals surface area contributed by atoms with Crippen molar-refractivity contribution in [3.8, 4) is 0 Å². The first-order valence-corrected chi connectivity index (χ1v) is 4.37. The molecule has 1 aromatic rings. The van der Waals surface area contributed by atoms with Gasteiger partial charge in [-0.05, 0) is 32.2 Å². The molecule has 1 saturated carbocycles. The van der Waals surface area contributed by atoms with E-state index in [1.165, 1.54) is 12.8 Å². The smallest absolute Gasteiger partial charge is 0.247 e. The fraction of sp³-hybridized carbons (Fsp3) is 0.750. The molecule has 12 heavy (non-hydrogen) atoms. The van der Waals surface area contributed by atoms with E-state index < -0.39 is 0 Å². The molecule has 1 saturated heterocycles. The quantitative estimate of drug-likeness (QED) is 0.661. The third-order valence-corrected chi connectivity index (χ3v) is 2.95. The van der Waals surface area contributed by atoms with Gasteiger partial charge in [0.2, 0.25) is 5.89 Å². The van der Waals surface area contributed by atoms with E-state index in [0.717, 1.165) is 24.2 Å². The standard InChI is InChI=1S/C8H11N3O/c1-5-10-7(12-11-5)8-4-6(8)2-3-9-8/h6,9H,2-4H2,1H3/t6-,8+/m1/s1. The topological polar surface area (TPSA) is 51.0 Å². The highest BCUT2D eigenvalue weighted by Crippen LogP contribution is 2.56. The molecule has 2 aliphatic rings. The van der Waals surface area contributed by atoms with Crippen LogP contribution in [0.4, 0.5) is 0 Å². The molecule has 2 heterocycles. The Bertz CT molecular complexity index is 322. The minimum Gasteiger partial charge on any atom is -0.337 e. The van der Waals surface area contributed by atoms with Gasteiger partial charge < -0.3 is 9.84 Å². The third-order valence-electron chi connectivity index (χ3n) is 2.95. The lowest BCUT2D eigenvalue weighted by Gasteiger charge is -2.05. The Labute approximate surface area is 70.3 Å². The van der Waals surface area contributed by atoms with Gasteiger partial charge in [-0.25, -0.2) is 0 Å². The molecule has 0 bridgehead atoms. The molecule has 0 aromatic carbocycles. The summed E-state index contributed by atoms with van der Waals surface area (Å²) < 4.78 is 5.17. The molecule has 2 fully saturated rings. The maximum absolute atomic E-state index is 5.17. The summed E-state index contributed by atoms with van der Waals surface area (Å²) in [5, 5.41) is 7.25. The second-order valence-corrected chi connectivity index (χ2v) is 3.73. The Hall–Kier alpha value is -0.900. The van der Waals surface area contributed by atoms with Crippen molar-refractivity contribution < 1.29 is 4.52 Å². The van der Waals surface area contributed by atoms with Gasteiger partial charge in [-0.3, -0.25) is 0 Å². The molecule has 1 aliphatic carbocycles. The van der Waals surface area contributed by atoms with Crippen LogP contribution in [0.1, 0.15) is 24.6 Å². The van der Waals surface area contributed by atoms with Crippen LogP contribution in [-0.4, -0.2) is 16.7 Å². The molecular formula is C8H11N3O. The highest BCUT2D eigenvalue weighted by molar-refractivity contribution is 5.21. The molecule has 0 unspecified atom stereocenters. The summed E-state index contributed by atoms with van der Waals surface area (Å²) in [6.07, 6.45) is 2.43. The zero-order chi connectivity index (χ0) is 8.18. The molecular weight excluding hydrogens is 154 g/mol. The summed E-state index contributed by atoms with van der Waals surface area (Å²) in [7, 11) is 0. The van der Waals surface area contributed by atoms with E-state index in [1.807, 2.05) is 6.92 Å². The van der Waals surface area contributed by atoms with Crippen LogP contribution in [0.25, 0.3) is 0 Å². The third kappa shape index (κ3) is 0.659. The largest absolute Gasteiger partial charge is 0.337 e. The summed E-state index contributed by atoms with van der Waals surface area (Å²) in [5.41, 5.74) is 0.0846. The van der Waals surface area contributed by atoms with Gasteiger partial charge in [0.25, 0.3) is 0 Å². The molecule has 4 nitrogen and oxygen atoms in total. The average Bonchev–Trinajstić information content (AvgIpc) is 2.50. The minimum absolute atomic E-state index is 0.0846. The first-order chi connectivity index (χ1) is 5.81. The fourth-order valence-electron chi connectivity index (χ4n) is 2.18. The number of aromatic nitrogens is 2. The monoisotopic (exact) mass is 165 g/mol. The van der Waals surface area contributed by atoms with Crippen molar-refractivity contribution in [1.82, 2.24) is 15.5 Å². The van der Waals surface area contributed by atoms with Crippen molar-refractivity contribution in [1.29, 1.82) is 0 Å². The van der Waals surface area contributed by atoms with Crippen molar-refractivity contribution >= 4 is 0 Å². The van der Waals surface area contributed by atoms with Crippen LogP contribution in [0.5, 0.6) is 0 Å². The summed E-state index contributed by atoms with van der Waals surface area (Å²) in [6.45, 7) is 2.95. The van der Waals surface area contributed by atoms with Crippen LogP contribution in [-0.2, 0) is 5.54 Å². The molecule has 0 amide bonds. The zero-order valence-corrected chi connectivity index (χ0v) is 7.00. The van der Waals surface area contributed by atoms with Gasteiger partial charge in [-0.2, -0.15) is 4.98 Å². The van der Waals surface area contributed by atoms with Crippen molar-refractivity contribution in [2.45, 2.75) is 25.3 Å². The van der Waals surface area contributed by atoms with Gasteiger partial charge in [-0.1, -0.05) is 5.16 Å². The van der Waals surface area contributed by atoms with E-state index >= 15 is 0 Å². The van der Waals surface area contributed by atoms with Crippen molar-refractivity contribution in [2.75, 3.05) is 6.54 Å². The number of hydrogen-bond donors (Lipinski definition) is 1. The van der Waals surface area contributed by atoms with E-state index in [-0.39, 0.29) is 5.54 Å². The van der Waals surface area contributed by atoms with Crippen molar-refractivity contribution in [3.63, 3.8) is 0 Å². The number of fused-ring (bicyclic) bond motifs is 1. The van der Waals surface area contributed by atoms with E-state index in [4.69, 9.17) is 4.52 Å². The maximum atomic E-state index is 5.17. The molecule has 64 valence electrons. The van der Waals surface area contributed by atoms with E-state index in [1.54, 1.807) is 0 Å². The Kier molecular flexibility index (Phi) is 1.03. The van der Waals surface area contributed by atoms with Crippen molar-refractivity contribution in [3.05, 3.63) is 11.7 Å². The number of rotatable bonds is 1. The second-order valence-electron chi connectivity index (χ2n) is 3.73. The fourth-order valence-corrected chi connectivity index (χ4v) is 2.18. The Balaban J connectivity index is 1.99. The van der Waals surface area contributed by atoms with Crippen LogP contribution >= 0.6 is 0 Å². The molecule has 0 radical (unpaired) electrons. The molecule has 1 N–H and O–H groups in total. The lowest BCUT2D eigenvalue weighted by Crippen LogP contribution is -2.25. The van der Waals surface area contributed by atoms with Crippen molar-refractivity contribution in [2.24, 2.45) is 5.92 Å². The average molecular weight is 165 g/mol. The Morgan fingerprint density at radius 1 is 1.67 bits per heavy atom. The summed E-state index contributed by atoms with van der Waals surface area (Å²) in [6, 6.07) is 0. The zero-order valence-electron chi connectivity index (χ0n) is 7.00. The molecule has 1 aliphatic heterocycles. The second kappa shape index (κ2) is 1.88. The Morgan fingerprint density at radius 3 is 3.08 bits per heavy atom. The van der Waals surface area contributed by atoms with E-state index in [0.29, 0.717) is 0 Å². The highest BCUT2D eigenvalue weighted by atomic mass is 16.5. The van der Waals surface area contributed by atoms with Gasteiger partial charge >= 0.3 is 0 Å². The molecule has 3 rings (SSSR count). The Morgan fingerprint density at radius 2 is 2.58 bits per heavy atom. The van der Waals surface area contributed by atoms with Gasteiger partial charge in [0.1, 0.15) is 5.54 Å². The summed E-state index contributed by atoms with van der Waals surface area (Å²) in [5.74, 6) is 2.28. The number of aryl methyl sites for hydroxylation is 1. The molecule has 2 atom stereocenters. The molecule has 0 spiro atoms. The number of piperidine rings is 1. The normalized spacial score (nSPS) is 38.2. The predicted molar refractivity (Wildman–Crippen MR) is 41.4 cm³/mol. The lowest BCUT2D eigenvalue weighted by atomic mass is 10.2. The van der Waals surface area contributed by atoms with Gasteiger partial charge in [-0.15, -0.1) is 0 Å². The van der Waals surface area contributed by atoms with Crippen LogP contribution in [0.3, 0.4) is 0 Å².